The lowest BCUT2D eigenvalue weighted by Crippen LogP contribution is -2.14. The van der Waals surface area contributed by atoms with Gasteiger partial charge in [-0.15, -0.1) is 0 Å². The number of amides is 2. The number of anilines is 2. The van der Waals surface area contributed by atoms with E-state index < -0.39 is 0 Å². The van der Waals surface area contributed by atoms with E-state index in [0.29, 0.717) is 29.6 Å². The van der Waals surface area contributed by atoms with Crippen molar-refractivity contribution in [2.75, 3.05) is 17.2 Å². The minimum absolute atomic E-state index is 0.141. The minimum Gasteiger partial charge on any atom is -0.491 e. The van der Waals surface area contributed by atoms with Crippen molar-refractivity contribution in [2.45, 2.75) is 53.4 Å². The molecule has 2 amide bonds. The molecule has 0 aromatic heterocycles. The zero-order chi connectivity index (χ0) is 17.2. The van der Waals surface area contributed by atoms with E-state index >= 15 is 0 Å². The first-order valence-electron chi connectivity index (χ1n) is 8.28. The average Bonchev–Trinajstić information content (AvgIpc) is 2.48. The summed E-state index contributed by atoms with van der Waals surface area (Å²) in [5, 5.41) is 5.49. The first-order chi connectivity index (χ1) is 11.0. The van der Waals surface area contributed by atoms with E-state index in [2.05, 4.69) is 24.5 Å². The number of benzene rings is 1. The minimum atomic E-state index is -0.153. The fourth-order valence-corrected chi connectivity index (χ4v) is 2.32. The number of hydrogen-bond acceptors (Lipinski definition) is 3. The van der Waals surface area contributed by atoms with Gasteiger partial charge in [0.25, 0.3) is 0 Å². The molecule has 128 valence electrons. The lowest BCUT2D eigenvalue weighted by molar-refractivity contribution is -0.115. The highest BCUT2D eigenvalue weighted by atomic mass is 16.5. The standard InChI is InChI=1S/C18H28N2O3/c1-5-7-8-15(6-2)12-23-18-11-16(19-13(3)21)9-10-17(18)20-14(4)22/h9-11,15H,5-8,12H2,1-4H3,(H,19,21)(H,20,22). The lowest BCUT2D eigenvalue weighted by Gasteiger charge is -2.18. The van der Waals surface area contributed by atoms with Crippen LogP contribution in [0.25, 0.3) is 0 Å². The third-order valence-electron chi connectivity index (χ3n) is 3.63. The molecule has 0 bridgehead atoms. The highest BCUT2D eigenvalue weighted by Crippen LogP contribution is 2.29. The topological polar surface area (TPSA) is 67.4 Å². The Morgan fingerprint density at radius 3 is 2.39 bits per heavy atom. The van der Waals surface area contributed by atoms with Crippen molar-refractivity contribution in [3.8, 4) is 5.75 Å². The van der Waals surface area contributed by atoms with Gasteiger partial charge in [-0.05, 0) is 24.5 Å². The molecule has 0 aliphatic heterocycles. The Hall–Kier alpha value is -2.04. The van der Waals surface area contributed by atoms with Crippen LogP contribution in [0.5, 0.6) is 5.75 Å². The van der Waals surface area contributed by atoms with E-state index in [1.54, 1.807) is 18.2 Å². The van der Waals surface area contributed by atoms with Crippen LogP contribution in [0.15, 0.2) is 18.2 Å². The van der Waals surface area contributed by atoms with Crippen LogP contribution in [0.4, 0.5) is 11.4 Å². The molecule has 1 atom stereocenters. The molecule has 0 spiro atoms. The van der Waals surface area contributed by atoms with Crippen molar-refractivity contribution in [3.05, 3.63) is 18.2 Å². The molecule has 23 heavy (non-hydrogen) atoms. The zero-order valence-corrected chi connectivity index (χ0v) is 14.6. The average molecular weight is 320 g/mol. The second kappa shape index (κ2) is 9.87. The van der Waals surface area contributed by atoms with Gasteiger partial charge in [-0.1, -0.05) is 33.1 Å². The number of carbonyl (C=O) groups excluding carboxylic acids is 2. The lowest BCUT2D eigenvalue weighted by atomic mass is 10.0. The molecule has 0 heterocycles. The quantitative estimate of drug-likeness (QED) is 0.716. The number of hydrogen-bond donors (Lipinski definition) is 2. The van der Waals surface area contributed by atoms with Crippen LogP contribution in [-0.2, 0) is 9.59 Å². The summed E-state index contributed by atoms with van der Waals surface area (Å²) >= 11 is 0. The Balaban J connectivity index is 2.85. The first-order valence-corrected chi connectivity index (χ1v) is 8.28. The van der Waals surface area contributed by atoms with Gasteiger partial charge < -0.3 is 15.4 Å². The third kappa shape index (κ3) is 7.17. The summed E-state index contributed by atoms with van der Waals surface area (Å²) in [5.41, 5.74) is 1.28. The van der Waals surface area contributed by atoms with Gasteiger partial charge in [-0.25, -0.2) is 0 Å². The van der Waals surface area contributed by atoms with Crippen molar-refractivity contribution in [1.82, 2.24) is 0 Å². The number of carbonyl (C=O) groups is 2. The summed E-state index contributed by atoms with van der Waals surface area (Å²) in [6.45, 7) is 7.86. The van der Waals surface area contributed by atoms with Crippen molar-refractivity contribution in [2.24, 2.45) is 5.92 Å². The molecule has 0 fully saturated rings. The molecular weight excluding hydrogens is 292 g/mol. The van der Waals surface area contributed by atoms with Crippen LogP contribution >= 0.6 is 0 Å². The van der Waals surface area contributed by atoms with Gasteiger partial charge in [-0.3, -0.25) is 9.59 Å². The van der Waals surface area contributed by atoms with Gasteiger partial charge in [0.2, 0.25) is 11.8 Å². The zero-order valence-electron chi connectivity index (χ0n) is 14.6. The predicted octanol–water partition coefficient (Wildman–Crippen LogP) is 4.20. The summed E-state index contributed by atoms with van der Waals surface area (Å²) in [6.07, 6.45) is 4.55. The number of rotatable bonds is 9. The number of unbranched alkanes of at least 4 members (excludes halogenated alkanes) is 1. The van der Waals surface area contributed by atoms with Crippen LogP contribution in [0, 0.1) is 5.92 Å². The molecule has 0 saturated heterocycles. The molecule has 0 aliphatic carbocycles. The monoisotopic (exact) mass is 320 g/mol. The molecule has 0 aliphatic rings. The van der Waals surface area contributed by atoms with Crippen LogP contribution in [0.2, 0.25) is 0 Å². The molecule has 1 aromatic rings. The maximum absolute atomic E-state index is 11.3. The Morgan fingerprint density at radius 2 is 1.83 bits per heavy atom. The van der Waals surface area contributed by atoms with Gasteiger partial charge in [-0.2, -0.15) is 0 Å². The maximum atomic E-state index is 11.3. The van der Waals surface area contributed by atoms with Gasteiger partial charge >= 0.3 is 0 Å². The largest absolute Gasteiger partial charge is 0.491 e. The van der Waals surface area contributed by atoms with Crippen molar-refractivity contribution in [3.63, 3.8) is 0 Å². The second-order valence-electron chi connectivity index (χ2n) is 5.80. The summed E-state index contributed by atoms with van der Waals surface area (Å²) in [4.78, 5) is 22.5. The van der Waals surface area contributed by atoms with E-state index in [1.807, 2.05) is 0 Å². The van der Waals surface area contributed by atoms with E-state index in [9.17, 15) is 9.59 Å². The summed E-state index contributed by atoms with van der Waals surface area (Å²) in [7, 11) is 0. The Morgan fingerprint density at radius 1 is 1.13 bits per heavy atom. The molecule has 1 rings (SSSR count). The van der Waals surface area contributed by atoms with Crippen LogP contribution < -0.4 is 15.4 Å². The van der Waals surface area contributed by atoms with Gasteiger partial charge in [0.05, 0.1) is 12.3 Å². The molecule has 0 saturated carbocycles. The van der Waals surface area contributed by atoms with Crippen molar-refractivity contribution in [1.29, 1.82) is 0 Å². The Bertz CT molecular complexity index is 529. The maximum Gasteiger partial charge on any atom is 0.221 e. The van der Waals surface area contributed by atoms with Crippen LogP contribution in [0.3, 0.4) is 0 Å². The van der Waals surface area contributed by atoms with Crippen molar-refractivity contribution < 1.29 is 14.3 Å². The SMILES string of the molecule is CCCCC(CC)COc1cc(NC(C)=O)ccc1NC(C)=O. The summed E-state index contributed by atoms with van der Waals surface area (Å²) in [6, 6.07) is 5.24. The van der Waals surface area contributed by atoms with E-state index in [0.717, 1.165) is 12.8 Å². The van der Waals surface area contributed by atoms with E-state index in [1.165, 1.54) is 26.7 Å². The smallest absolute Gasteiger partial charge is 0.221 e. The Labute approximate surface area is 138 Å². The fourth-order valence-electron chi connectivity index (χ4n) is 2.32. The molecule has 5 heteroatoms. The molecule has 2 N–H and O–H groups in total. The fraction of sp³-hybridized carbons (Fsp3) is 0.556. The van der Waals surface area contributed by atoms with Gasteiger partial charge in [0, 0.05) is 25.6 Å². The second-order valence-corrected chi connectivity index (χ2v) is 5.80. The number of ether oxygens (including phenoxy) is 1. The van der Waals surface area contributed by atoms with Crippen LogP contribution in [0.1, 0.15) is 53.4 Å². The van der Waals surface area contributed by atoms with Gasteiger partial charge in [0.1, 0.15) is 5.75 Å². The summed E-state index contributed by atoms with van der Waals surface area (Å²) < 4.78 is 5.94. The molecular formula is C18H28N2O3. The molecule has 5 nitrogen and oxygen atoms in total. The van der Waals surface area contributed by atoms with Gasteiger partial charge in [0.15, 0.2) is 0 Å². The predicted molar refractivity (Wildman–Crippen MR) is 93.9 cm³/mol. The number of nitrogens with one attached hydrogen (secondary N) is 2. The molecule has 1 aromatic carbocycles. The van der Waals surface area contributed by atoms with Crippen LogP contribution in [-0.4, -0.2) is 18.4 Å². The third-order valence-corrected chi connectivity index (χ3v) is 3.63. The highest BCUT2D eigenvalue weighted by molar-refractivity contribution is 5.92. The van der Waals surface area contributed by atoms with E-state index in [4.69, 9.17) is 4.74 Å². The normalized spacial score (nSPS) is 11.7. The molecule has 0 radical (unpaired) electrons. The first kappa shape index (κ1) is 19.0. The Kier molecular flexibility index (Phi) is 8.16. The van der Waals surface area contributed by atoms with Crippen molar-refractivity contribution >= 4 is 23.2 Å². The van der Waals surface area contributed by atoms with E-state index in [-0.39, 0.29) is 11.8 Å². The summed E-state index contributed by atoms with van der Waals surface area (Å²) in [5.74, 6) is 0.781. The highest BCUT2D eigenvalue weighted by Gasteiger charge is 2.11. The molecule has 1 unspecified atom stereocenters.